The van der Waals surface area contributed by atoms with Crippen molar-refractivity contribution in [2.75, 3.05) is 26.2 Å². The molecule has 0 bridgehead atoms. The maximum absolute atomic E-state index is 12.5. The molecular weight excluding hydrogens is 352 g/mol. The second kappa shape index (κ2) is 9.48. The average Bonchev–Trinajstić information content (AvgIpc) is 2.89. The lowest BCUT2D eigenvalue weighted by atomic mass is 10.1. The second-order valence-electron chi connectivity index (χ2n) is 6.43. The predicted molar refractivity (Wildman–Crippen MR) is 108 cm³/mol. The monoisotopic (exact) mass is 376 g/mol. The Balaban J connectivity index is 1.55. The molecule has 1 atom stereocenters. The molecule has 134 valence electrons. The van der Waals surface area contributed by atoms with Gasteiger partial charge in [0.25, 0.3) is 0 Å². The van der Waals surface area contributed by atoms with E-state index >= 15 is 0 Å². The van der Waals surface area contributed by atoms with Crippen molar-refractivity contribution < 1.29 is 4.21 Å². The van der Waals surface area contributed by atoms with Gasteiger partial charge in [-0.2, -0.15) is 0 Å². The van der Waals surface area contributed by atoms with Crippen molar-refractivity contribution in [3.05, 3.63) is 64.1 Å². The number of hydrogen-bond donors (Lipinski definition) is 1. The first-order valence-corrected chi connectivity index (χ1v) is 10.5. The minimum atomic E-state index is -1.13. The molecule has 3 rings (SSSR count). The van der Waals surface area contributed by atoms with E-state index < -0.39 is 11.0 Å². The molecule has 1 N–H and O–H groups in total. The van der Waals surface area contributed by atoms with Crippen LogP contribution in [-0.2, 0) is 11.0 Å². The van der Waals surface area contributed by atoms with Crippen LogP contribution in [0.5, 0.6) is 0 Å². The third kappa shape index (κ3) is 5.65. The predicted octanol–water partition coefficient (Wildman–Crippen LogP) is 4.31. The Morgan fingerprint density at radius 1 is 1.08 bits per heavy atom. The van der Waals surface area contributed by atoms with Gasteiger partial charge in [-0.1, -0.05) is 48.4 Å². The molecule has 1 aliphatic heterocycles. The first kappa shape index (κ1) is 18.6. The van der Waals surface area contributed by atoms with Crippen molar-refractivity contribution in [3.63, 3.8) is 0 Å². The normalized spacial score (nSPS) is 19.9. The summed E-state index contributed by atoms with van der Waals surface area (Å²) in [6.07, 6.45) is 12.8. The molecule has 1 aliphatic carbocycles. The number of nitrogens with zero attached hydrogens (tertiary/aromatic N) is 1. The van der Waals surface area contributed by atoms with E-state index in [4.69, 9.17) is 11.6 Å². The van der Waals surface area contributed by atoms with Crippen molar-refractivity contribution in [1.29, 1.82) is 0 Å². The van der Waals surface area contributed by atoms with Crippen LogP contribution in [0.4, 0.5) is 0 Å². The maximum Gasteiger partial charge on any atom is 0.121 e. The van der Waals surface area contributed by atoms with E-state index in [9.17, 15) is 4.21 Å². The van der Waals surface area contributed by atoms with Crippen molar-refractivity contribution in [3.8, 4) is 0 Å². The number of halogens is 1. The van der Waals surface area contributed by atoms with Gasteiger partial charge in [-0.05, 0) is 55.3 Å². The molecule has 1 aromatic rings. The molecule has 1 fully saturated rings. The van der Waals surface area contributed by atoms with E-state index in [2.05, 4.69) is 21.8 Å². The Morgan fingerprint density at radius 3 is 2.60 bits per heavy atom. The van der Waals surface area contributed by atoms with E-state index in [1.165, 1.54) is 32.4 Å². The smallest absolute Gasteiger partial charge is 0.121 e. The fourth-order valence-corrected chi connectivity index (χ4v) is 4.18. The maximum atomic E-state index is 12.5. The van der Waals surface area contributed by atoms with Crippen LogP contribution in [0, 0.1) is 0 Å². The molecule has 0 saturated carbocycles. The largest absolute Gasteiger partial charge is 0.302 e. The molecule has 25 heavy (non-hydrogen) atoms. The molecule has 1 unspecified atom stereocenters. The van der Waals surface area contributed by atoms with Crippen LogP contribution in [0.1, 0.15) is 31.2 Å². The first-order valence-electron chi connectivity index (χ1n) is 8.93. The molecule has 5 heteroatoms. The lowest BCUT2D eigenvalue weighted by Gasteiger charge is -2.26. The number of allylic oxidation sites excluding steroid dienone is 6. The third-order valence-electron chi connectivity index (χ3n) is 4.59. The average molecular weight is 377 g/mol. The van der Waals surface area contributed by atoms with E-state index in [0.29, 0.717) is 6.42 Å². The standard InChI is InChI=1S/C20H25ClN2OS/c21-19-10-7-18(8-11-19)17-5-4-6-20(12-9-17)25(24)22-13-16-23-14-2-1-3-15-23/h4-5,7-12,22H,1-3,6,13-16H2. The number of piperidine rings is 1. The van der Waals surface area contributed by atoms with Crippen LogP contribution in [0.2, 0.25) is 5.02 Å². The number of hydrogen-bond acceptors (Lipinski definition) is 2. The molecule has 0 amide bonds. The van der Waals surface area contributed by atoms with Crippen LogP contribution in [-0.4, -0.2) is 35.3 Å². The minimum absolute atomic E-state index is 0.705. The highest BCUT2D eigenvalue weighted by Crippen LogP contribution is 2.23. The summed E-state index contributed by atoms with van der Waals surface area (Å²) in [6.45, 7) is 4.09. The van der Waals surface area contributed by atoms with Crippen LogP contribution >= 0.6 is 11.6 Å². The molecule has 1 aromatic carbocycles. The number of rotatable bonds is 6. The topological polar surface area (TPSA) is 32.3 Å². The zero-order chi connectivity index (χ0) is 17.5. The third-order valence-corrected chi connectivity index (χ3v) is 6.09. The molecular formula is C20H25ClN2OS. The molecule has 3 nitrogen and oxygen atoms in total. The van der Waals surface area contributed by atoms with Gasteiger partial charge in [-0.3, -0.25) is 0 Å². The summed E-state index contributed by atoms with van der Waals surface area (Å²) in [5.41, 5.74) is 2.22. The molecule has 1 heterocycles. The highest BCUT2D eigenvalue weighted by Gasteiger charge is 2.11. The van der Waals surface area contributed by atoms with Crippen LogP contribution in [0.15, 0.2) is 53.5 Å². The van der Waals surface area contributed by atoms with Gasteiger partial charge in [0.1, 0.15) is 11.0 Å². The van der Waals surface area contributed by atoms with Crippen LogP contribution < -0.4 is 4.72 Å². The van der Waals surface area contributed by atoms with Crippen molar-refractivity contribution in [2.24, 2.45) is 0 Å². The fourth-order valence-electron chi connectivity index (χ4n) is 3.15. The van der Waals surface area contributed by atoms with Gasteiger partial charge < -0.3 is 4.90 Å². The quantitative estimate of drug-likeness (QED) is 0.802. The molecule has 1 saturated heterocycles. The summed E-state index contributed by atoms with van der Waals surface area (Å²) in [7, 11) is -1.13. The number of nitrogens with one attached hydrogen (secondary N) is 1. The summed E-state index contributed by atoms with van der Waals surface area (Å²) < 4.78 is 15.7. The van der Waals surface area contributed by atoms with Gasteiger partial charge >= 0.3 is 0 Å². The summed E-state index contributed by atoms with van der Waals surface area (Å²) in [6, 6.07) is 7.79. The van der Waals surface area contributed by atoms with E-state index in [-0.39, 0.29) is 0 Å². The summed E-state index contributed by atoms with van der Waals surface area (Å²) in [5, 5.41) is 0.734. The van der Waals surface area contributed by atoms with Gasteiger partial charge in [-0.15, -0.1) is 0 Å². The Hall–Kier alpha value is -1.20. The van der Waals surface area contributed by atoms with Gasteiger partial charge in [0, 0.05) is 29.4 Å². The Bertz CT molecular complexity index is 688. The van der Waals surface area contributed by atoms with E-state index in [0.717, 1.165) is 34.2 Å². The van der Waals surface area contributed by atoms with Crippen molar-refractivity contribution >= 4 is 28.2 Å². The van der Waals surface area contributed by atoms with Gasteiger partial charge in [-0.25, -0.2) is 8.93 Å². The van der Waals surface area contributed by atoms with Crippen molar-refractivity contribution in [1.82, 2.24) is 9.62 Å². The van der Waals surface area contributed by atoms with Crippen LogP contribution in [0.3, 0.4) is 0 Å². The Morgan fingerprint density at radius 2 is 1.84 bits per heavy atom. The van der Waals surface area contributed by atoms with E-state index in [1.54, 1.807) is 0 Å². The molecule has 0 spiro atoms. The Kier molecular flexibility index (Phi) is 7.05. The minimum Gasteiger partial charge on any atom is -0.302 e. The zero-order valence-electron chi connectivity index (χ0n) is 14.4. The van der Waals surface area contributed by atoms with Crippen molar-refractivity contribution in [2.45, 2.75) is 25.7 Å². The summed E-state index contributed by atoms with van der Waals surface area (Å²) in [5.74, 6) is 0. The highest BCUT2D eigenvalue weighted by molar-refractivity contribution is 7.87. The summed E-state index contributed by atoms with van der Waals surface area (Å²) >= 11 is 5.95. The fraction of sp³-hybridized carbons (Fsp3) is 0.400. The SMILES string of the molecule is O=S(NCCN1CCCCC1)C1=CC=C(c2ccc(Cl)cc2)C=CC1. The highest BCUT2D eigenvalue weighted by atomic mass is 35.5. The molecule has 0 radical (unpaired) electrons. The lowest BCUT2D eigenvalue weighted by Crippen LogP contribution is -2.36. The first-order chi connectivity index (χ1) is 12.2. The number of benzene rings is 1. The molecule has 2 aliphatic rings. The van der Waals surface area contributed by atoms with E-state index in [1.807, 2.05) is 36.4 Å². The molecule has 0 aromatic heterocycles. The van der Waals surface area contributed by atoms with Gasteiger partial charge in [0.05, 0.1) is 0 Å². The van der Waals surface area contributed by atoms with Crippen LogP contribution in [0.25, 0.3) is 5.57 Å². The zero-order valence-corrected chi connectivity index (χ0v) is 16.0. The lowest BCUT2D eigenvalue weighted by molar-refractivity contribution is 0.233. The second-order valence-corrected chi connectivity index (χ2v) is 8.22. The Labute approximate surface area is 158 Å². The van der Waals surface area contributed by atoms with Gasteiger partial charge in [0.15, 0.2) is 0 Å². The number of likely N-dealkylation sites (tertiary alicyclic amines) is 1. The van der Waals surface area contributed by atoms with Gasteiger partial charge in [0.2, 0.25) is 0 Å². The summed E-state index contributed by atoms with van der Waals surface area (Å²) in [4.78, 5) is 3.37.